The maximum atomic E-state index is 12.4. The van der Waals surface area contributed by atoms with Crippen molar-refractivity contribution >= 4 is 10.0 Å². The predicted octanol–water partition coefficient (Wildman–Crippen LogP) is 1.33. The first-order chi connectivity index (χ1) is 10.6. The van der Waals surface area contributed by atoms with Crippen LogP contribution < -0.4 is 5.32 Å². The van der Waals surface area contributed by atoms with E-state index in [0.29, 0.717) is 24.8 Å². The first kappa shape index (κ1) is 18.2. The Bertz CT molecular complexity index is 400. The lowest BCUT2D eigenvalue weighted by molar-refractivity contribution is 0.188. The number of piperidine rings is 1. The van der Waals surface area contributed by atoms with Crippen LogP contribution in [0.25, 0.3) is 0 Å². The molecule has 0 aromatic heterocycles. The minimum Gasteiger partial charge on any atom is -0.317 e. The van der Waals surface area contributed by atoms with Crippen molar-refractivity contribution in [3.05, 3.63) is 6.42 Å². The lowest BCUT2D eigenvalue weighted by atomic mass is 9.93. The molecule has 0 unspecified atom stereocenters. The maximum Gasteiger partial charge on any atom is 0.214 e. The molecule has 0 aromatic rings. The standard InChI is InChI=1S/C16H32N3O2S/c1-2-10-18-11-13-19(14-12-18)22(20,21)15-4-3-5-16-6-8-17-9-7-16/h5,16-17H,2-4,6-15H2,1H3. The Kier molecular flexibility index (Phi) is 7.60. The average molecular weight is 331 g/mol. The molecule has 2 heterocycles. The number of sulfonamides is 1. The highest BCUT2D eigenvalue weighted by Gasteiger charge is 2.26. The maximum absolute atomic E-state index is 12.4. The van der Waals surface area contributed by atoms with Crippen molar-refractivity contribution in [1.29, 1.82) is 0 Å². The Labute approximate surface area is 136 Å². The van der Waals surface area contributed by atoms with Crippen LogP contribution in [0.4, 0.5) is 0 Å². The third-order valence-corrected chi connectivity index (χ3v) is 6.71. The molecule has 0 saturated carbocycles. The molecule has 1 radical (unpaired) electrons. The van der Waals surface area contributed by atoms with Gasteiger partial charge in [0.2, 0.25) is 10.0 Å². The Hall–Kier alpha value is -0.170. The van der Waals surface area contributed by atoms with Crippen LogP contribution in [0.5, 0.6) is 0 Å². The van der Waals surface area contributed by atoms with E-state index < -0.39 is 10.0 Å². The normalized spacial score (nSPS) is 23.0. The monoisotopic (exact) mass is 330 g/mol. The van der Waals surface area contributed by atoms with E-state index in [-0.39, 0.29) is 0 Å². The Balaban J connectivity index is 1.63. The van der Waals surface area contributed by atoms with E-state index in [1.54, 1.807) is 4.31 Å². The van der Waals surface area contributed by atoms with E-state index in [0.717, 1.165) is 52.0 Å². The number of rotatable bonds is 8. The van der Waals surface area contributed by atoms with E-state index >= 15 is 0 Å². The molecular weight excluding hydrogens is 298 g/mol. The Morgan fingerprint density at radius 1 is 1.14 bits per heavy atom. The second-order valence-corrected chi connectivity index (χ2v) is 8.61. The first-order valence-electron chi connectivity index (χ1n) is 8.86. The summed E-state index contributed by atoms with van der Waals surface area (Å²) < 4.78 is 26.5. The van der Waals surface area contributed by atoms with Crippen LogP contribution in [0, 0.1) is 12.3 Å². The summed E-state index contributed by atoms with van der Waals surface area (Å²) >= 11 is 0. The van der Waals surface area contributed by atoms with Crippen LogP contribution in [0.2, 0.25) is 0 Å². The number of nitrogens with one attached hydrogen (secondary N) is 1. The lowest BCUT2D eigenvalue weighted by Crippen LogP contribution is -2.49. The van der Waals surface area contributed by atoms with Gasteiger partial charge < -0.3 is 10.2 Å². The van der Waals surface area contributed by atoms with Gasteiger partial charge in [-0.25, -0.2) is 8.42 Å². The van der Waals surface area contributed by atoms with Crippen molar-refractivity contribution in [1.82, 2.24) is 14.5 Å². The minimum atomic E-state index is -3.05. The summed E-state index contributed by atoms with van der Waals surface area (Å²) in [5, 5.41) is 3.36. The van der Waals surface area contributed by atoms with Gasteiger partial charge in [0, 0.05) is 26.2 Å². The van der Waals surface area contributed by atoms with Crippen LogP contribution in [0.15, 0.2) is 0 Å². The summed E-state index contributed by atoms with van der Waals surface area (Å²) in [5.74, 6) is 0.990. The van der Waals surface area contributed by atoms with Gasteiger partial charge in [-0.3, -0.25) is 0 Å². The molecule has 0 atom stereocenters. The lowest BCUT2D eigenvalue weighted by Gasteiger charge is -2.33. The summed E-state index contributed by atoms with van der Waals surface area (Å²) in [6.07, 6.45) is 7.58. The molecule has 0 aromatic carbocycles. The zero-order valence-corrected chi connectivity index (χ0v) is 14.8. The quantitative estimate of drug-likeness (QED) is 0.682. The minimum absolute atomic E-state index is 0.308. The van der Waals surface area contributed by atoms with Gasteiger partial charge in [0.05, 0.1) is 5.75 Å². The van der Waals surface area contributed by atoms with E-state index in [1.165, 1.54) is 12.8 Å². The van der Waals surface area contributed by atoms with Crippen molar-refractivity contribution in [3.63, 3.8) is 0 Å². The Morgan fingerprint density at radius 3 is 2.45 bits per heavy atom. The van der Waals surface area contributed by atoms with Crippen LogP contribution in [0.3, 0.4) is 0 Å². The number of unbranched alkanes of at least 4 members (excludes halogenated alkanes) is 1. The van der Waals surface area contributed by atoms with Gasteiger partial charge in [0.1, 0.15) is 0 Å². The van der Waals surface area contributed by atoms with Gasteiger partial charge in [-0.2, -0.15) is 4.31 Å². The molecule has 129 valence electrons. The van der Waals surface area contributed by atoms with Gasteiger partial charge in [0.15, 0.2) is 0 Å². The summed E-state index contributed by atoms with van der Waals surface area (Å²) in [6.45, 7) is 8.55. The van der Waals surface area contributed by atoms with E-state index in [9.17, 15) is 8.42 Å². The highest BCUT2D eigenvalue weighted by atomic mass is 32.2. The van der Waals surface area contributed by atoms with Crippen LogP contribution >= 0.6 is 0 Å². The van der Waals surface area contributed by atoms with E-state index in [1.807, 2.05) is 0 Å². The number of hydrogen-bond donors (Lipinski definition) is 1. The van der Waals surface area contributed by atoms with Crippen molar-refractivity contribution in [3.8, 4) is 0 Å². The molecule has 1 N–H and O–H groups in total. The van der Waals surface area contributed by atoms with Crippen LogP contribution in [-0.2, 0) is 10.0 Å². The second-order valence-electron chi connectivity index (χ2n) is 6.52. The fourth-order valence-corrected chi connectivity index (χ4v) is 4.89. The highest BCUT2D eigenvalue weighted by molar-refractivity contribution is 7.89. The molecular formula is C16H32N3O2S. The second kappa shape index (κ2) is 9.21. The molecule has 6 heteroatoms. The molecule has 0 bridgehead atoms. The van der Waals surface area contributed by atoms with Crippen LogP contribution in [-0.4, -0.2) is 69.2 Å². The van der Waals surface area contributed by atoms with Gasteiger partial charge >= 0.3 is 0 Å². The third-order valence-electron chi connectivity index (χ3n) is 4.75. The van der Waals surface area contributed by atoms with E-state index in [2.05, 4.69) is 23.6 Å². The predicted molar refractivity (Wildman–Crippen MR) is 91.2 cm³/mol. The molecule has 2 aliphatic rings. The summed E-state index contributed by atoms with van der Waals surface area (Å²) in [7, 11) is -3.05. The fraction of sp³-hybridized carbons (Fsp3) is 0.938. The Morgan fingerprint density at radius 2 is 1.82 bits per heavy atom. The molecule has 0 amide bonds. The fourth-order valence-electron chi connectivity index (χ4n) is 3.38. The molecule has 0 spiro atoms. The molecule has 22 heavy (non-hydrogen) atoms. The van der Waals surface area contributed by atoms with Crippen molar-refractivity contribution in [2.45, 2.75) is 39.0 Å². The number of nitrogens with zero attached hydrogens (tertiary/aromatic N) is 2. The summed E-state index contributed by atoms with van der Waals surface area (Å²) in [5.41, 5.74) is 0. The zero-order valence-electron chi connectivity index (χ0n) is 14.0. The third kappa shape index (κ3) is 5.80. The molecule has 0 aliphatic carbocycles. The van der Waals surface area contributed by atoms with Gasteiger partial charge in [-0.15, -0.1) is 0 Å². The molecule has 2 rings (SSSR count). The smallest absolute Gasteiger partial charge is 0.214 e. The van der Waals surface area contributed by atoms with Crippen molar-refractivity contribution in [2.24, 2.45) is 5.92 Å². The average Bonchev–Trinajstić information content (AvgIpc) is 2.53. The first-order valence-corrected chi connectivity index (χ1v) is 10.5. The molecule has 2 fully saturated rings. The zero-order chi connectivity index (χ0) is 15.8. The van der Waals surface area contributed by atoms with Gasteiger partial charge in [-0.05, 0) is 64.1 Å². The molecule has 2 aliphatic heterocycles. The van der Waals surface area contributed by atoms with E-state index in [4.69, 9.17) is 0 Å². The van der Waals surface area contributed by atoms with Crippen LogP contribution in [0.1, 0.15) is 39.0 Å². The molecule has 5 nitrogen and oxygen atoms in total. The molecule has 2 saturated heterocycles. The van der Waals surface area contributed by atoms with Crippen molar-refractivity contribution in [2.75, 3.05) is 51.6 Å². The highest BCUT2D eigenvalue weighted by Crippen LogP contribution is 2.18. The van der Waals surface area contributed by atoms with Gasteiger partial charge in [-0.1, -0.05) is 6.92 Å². The van der Waals surface area contributed by atoms with Crippen molar-refractivity contribution < 1.29 is 8.42 Å². The SMILES string of the molecule is CCCN1CCN(S(=O)(=O)CCC[CH]C2CCNCC2)CC1. The largest absolute Gasteiger partial charge is 0.317 e. The summed E-state index contributed by atoms with van der Waals surface area (Å²) in [4.78, 5) is 2.36. The number of hydrogen-bond acceptors (Lipinski definition) is 4. The number of piperazine rings is 1. The van der Waals surface area contributed by atoms with Gasteiger partial charge in [0.25, 0.3) is 0 Å². The summed E-state index contributed by atoms with van der Waals surface area (Å²) in [6, 6.07) is 0. The topological polar surface area (TPSA) is 52.7 Å².